The molecule has 0 saturated heterocycles. The number of benzene rings is 2. The van der Waals surface area contributed by atoms with Crippen LogP contribution in [0.3, 0.4) is 0 Å². The normalized spacial score (nSPS) is 10.3. The third-order valence-corrected chi connectivity index (χ3v) is 3.72. The zero-order chi connectivity index (χ0) is 17.7. The Labute approximate surface area is 140 Å². The number of amides is 1. The van der Waals surface area contributed by atoms with Gasteiger partial charge in [-0.2, -0.15) is 0 Å². The van der Waals surface area contributed by atoms with Gasteiger partial charge in [0.1, 0.15) is 5.75 Å². The summed E-state index contributed by atoms with van der Waals surface area (Å²) in [6, 6.07) is 11.9. The predicted octanol–water partition coefficient (Wildman–Crippen LogP) is 3.25. The van der Waals surface area contributed by atoms with Crippen molar-refractivity contribution in [2.75, 3.05) is 13.7 Å². The molecule has 24 heavy (non-hydrogen) atoms. The molecule has 2 aromatic rings. The molecule has 2 aromatic carbocycles. The van der Waals surface area contributed by atoms with Crippen molar-refractivity contribution >= 4 is 11.6 Å². The summed E-state index contributed by atoms with van der Waals surface area (Å²) in [4.78, 5) is 24.0. The summed E-state index contributed by atoms with van der Waals surface area (Å²) in [6.45, 7) is 4.37. The van der Waals surface area contributed by atoms with Gasteiger partial charge in [0, 0.05) is 19.7 Å². The van der Waals surface area contributed by atoms with Crippen molar-refractivity contribution in [1.82, 2.24) is 4.90 Å². The topological polar surface area (TPSA) is 72.7 Å². The lowest BCUT2D eigenvalue weighted by Crippen LogP contribution is -2.31. The Morgan fingerprint density at radius 2 is 1.96 bits per heavy atom. The number of likely N-dealkylation sites (N-methyl/N-ethyl adjacent to an activating group) is 1. The highest BCUT2D eigenvalue weighted by molar-refractivity contribution is 5.77. The third-order valence-electron chi connectivity index (χ3n) is 3.72. The number of ether oxygens (including phenoxy) is 1. The summed E-state index contributed by atoms with van der Waals surface area (Å²) < 4.78 is 5.37. The van der Waals surface area contributed by atoms with Crippen LogP contribution in [-0.2, 0) is 11.3 Å². The molecule has 6 nitrogen and oxygen atoms in total. The van der Waals surface area contributed by atoms with Gasteiger partial charge in [-0.25, -0.2) is 0 Å². The van der Waals surface area contributed by atoms with Crippen molar-refractivity contribution in [3.05, 3.63) is 69.3 Å². The fourth-order valence-corrected chi connectivity index (χ4v) is 2.31. The van der Waals surface area contributed by atoms with Crippen LogP contribution in [-0.4, -0.2) is 29.4 Å². The Kier molecular flexibility index (Phi) is 5.52. The predicted molar refractivity (Wildman–Crippen MR) is 91.0 cm³/mol. The van der Waals surface area contributed by atoms with Crippen LogP contribution in [0.1, 0.15) is 16.7 Å². The molecule has 0 spiro atoms. The van der Waals surface area contributed by atoms with Gasteiger partial charge in [0.25, 0.3) is 11.6 Å². The van der Waals surface area contributed by atoms with E-state index >= 15 is 0 Å². The third kappa shape index (κ3) is 4.55. The number of hydrogen-bond donors (Lipinski definition) is 0. The molecule has 1 amide bonds. The van der Waals surface area contributed by atoms with Gasteiger partial charge in [0.05, 0.1) is 11.0 Å². The number of nitrogens with zero attached hydrogens (tertiary/aromatic N) is 2. The first-order valence-corrected chi connectivity index (χ1v) is 7.54. The van der Waals surface area contributed by atoms with Crippen molar-refractivity contribution in [3.8, 4) is 5.75 Å². The molecule has 0 N–H and O–H groups in total. The minimum absolute atomic E-state index is 0.0661. The van der Waals surface area contributed by atoms with Crippen LogP contribution in [0.5, 0.6) is 5.75 Å². The van der Waals surface area contributed by atoms with E-state index in [1.807, 2.05) is 26.0 Å². The summed E-state index contributed by atoms with van der Waals surface area (Å²) >= 11 is 0. The van der Waals surface area contributed by atoms with E-state index in [0.29, 0.717) is 12.3 Å². The first-order valence-electron chi connectivity index (χ1n) is 7.54. The van der Waals surface area contributed by atoms with Crippen LogP contribution in [0.15, 0.2) is 42.5 Å². The SMILES string of the molecule is Cc1ccc(CN(C)C(=O)COc2cccc([N+](=O)[O-])c2)c(C)c1. The highest BCUT2D eigenvalue weighted by Gasteiger charge is 2.13. The summed E-state index contributed by atoms with van der Waals surface area (Å²) in [5.41, 5.74) is 3.32. The van der Waals surface area contributed by atoms with Gasteiger partial charge >= 0.3 is 0 Å². The lowest BCUT2D eigenvalue weighted by molar-refractivity contribution is -0.384. The minimum Gasteiger partial charge on any atom is -0.484 e. The smallest absolute Gasteiger partial charge is 0.273 e. The van der Waals surface area contributed by atoms with E-state index in [0.717, 1.165) is 11.1 Å². The zero-order valence-corrected chi connectivity index (χ0v) is 14.0. The maximum Gasteiger partial charge on any atom is 0.273 e. The summed E-state index contributed by atoms with van der Waals surface area (Å²) in [6.07, 6.45) is 0. The van der Waals surface area contributed by atoms with E-state index in [1.165, 1.54) is 23.8 Å². The molecule has 0 atom stereocenters. The standard InChI is InChI=1S/C18H20N2O4/c1-13-7-8-15(14(2)9-13)11-19(3)18(21)12-24-17-6-4-5-16(10-17)20(22)23/h4-10H,11-12H2,1-3H3. The average Bonchev–Trinajstić information content (AvgIpc) is 2.55. The minimum atomic E-state index is -0.499. The number of nitro groups is 1. The second-order valence-corrected chi connectivity index (χ2v) is 5.72. The molecule has 0 saturated carbocycles. The van der Waals surface area contributed by atoms with Gasteiger partial charge in [-0.15, -0.1) is 0 Å². The summed E-state index contributed by atoms with van der Waals surface area (Å²) in [5, 5.41) is 10.7. The van der Waals surface area contributed by atoms with Crippen LogP contribution >= 0.6 is 0 Å². The van der Waals surface area contributed by atoms with E-state index < -0.39 is 4.92 Å². The lowest BCUT2D eigenvalue weighted by Gasteiger charge is -2.19. The Morgan fingerprint density at radius 3 is 2.62 bits per heavy atom. The summed E-state index contributed by atoms with van der Waals surface area (Å²) in [5.74, 6) is 0.110. The number of rotatable bonds is 6. The molecule has 6 heteroatoms. The van der Waals surface area contributed by atoms with Gasteiger partial charge in [-0.3, -0.25) is 14.9 Å². The van der Waals surface area contributed by atoms with Gasteiger partial charge in [-0.05, 0) is 31.0 Å². The van der Waals surface area contributed by atoms with Crippen molar-refractivity contribution in [1.29, 1.82) is 0 Å². The second-order valence-electron chi connectivity index (χ2n) is 5.72. The Hall–Kier alpha value is -2.89. The van der Waals surface area contributed by atoms with E-state index in [-0.39, 0.29) is 18.2 Å². The highest BCUT2D eigenvalue weighted by Crippen LogP contribution is 2.19. The van der Waals surface area contributed by atoms with Gasteiger partial charge in [0.2, 0.25) is 0 Å². The van der Waals surface area contributed by atoms with Gasteiger partial charge in [-0.1, -0.05) is 29.8 Å². The molecule has 126 valence electrons. The fraction of sp³-hybridized carbons (Fsp3) is 0.278. The van der Waals surface area contributed by atoms with Gasteiger partial charge < -0.3 is 9.64 Å². The van der Waals surface area contributed by atoms with Crippen molar-refractivity contribution in [2.45, 2.75) is 20.4 Å². The highest BCUT2D eigenvalue weighted by atomic mass is 16.6. The number of hydrogen-bond acceptors (Lipinski definition) is 4. The number of non-ortho nitro benzene ring substituents is 1. The van der Waals surface area contributed by atoms with Crippen LogP contribution in [0.4, 0.5) is 5.69 Å². The van der Waals surface area contributed by atoms with Crippen LogP contribution in [0.25, 0.3) is 0 Å². The molecular formula is C18H20N2O4. The van der Waals surface area contributed by atoms with E-state index in [1.54, 1.807) is 18.0 Å². The van der Waals surface area contributed by atoms with Gasteiger partial charge in [0.15, 0.2) is 6.61 Å². The number of carbonyl (C=O) groups is 1. The molecule has 2 rings (SSSR count). The van der Waals surface area contributed by atoms with Crippen LogP contribution in [0.2, 0.25) is 0 Å². The molecule has 0 fully saturated rings. The number of aryl methyl sites for hydroxylation is 2. The molecular weight excluding hydrogens is 308 g/mol. The fourth-order valence-electron chi connectivity index (χ4n) is 2.31. The molecule has 0 bridgehead atoms. The van der Waals surface area contributed by atoms with Crippen LogP contribution in [0, 0.1) is 24.0 Å². The first kappa shape index (κ1) is 17.5. The Balaban J connectivity index is 1.94. The molecule has 0 aliphatic carbocycles. The molecule has 0 heterocycles. The van der Waals surface area contributed by atoms with Crippen molar-refractivity contribution in [2.24, 2.45) is 0 Å². The largest absolute Gasteiger partial charge is 0.484 e. The quantitative estimate of drug-likeness (QED) is 0.603. The number of carbonyl (C=O) groups excluding carboxylic acids is 1. The summed E-state index contributed by atoms with van der Waals surface area (Å²) in [7, 11) is 1.71. The van der Waals surface area contributed by atoms with E-state index in [4.69, 9.17) is 4.74 Å². The van der Waals surface area contributed by atoms with E-state index in [9.17, 15) is 14.9 Å². The van der Waals surface area contributed by atoms with Crippen LogP contribution < -0.4 is 4.74 Å². The lowest BCUT2D eigenvalue weighted by atomic mass is 10.1. The molecule has 0 radical (unpaired) electrons. The maximum atomic E-state index is 12.2. The average molecular weight is 328 g/mol. The molecule has 0 aliphatic rings. The Morgan fingerprint density at radius 1 is 1.21 bits per heavy atom. The van der Waals surface area contributed by atoms with Crippen molar-refractivity contribution in [3.63, 3.8) is 0 Å². The Bertz CT molecular complexity index is 758. The number of nitro benzene ring substituents is 1. The zero-order valence-electron chi connectivity index (χ0n) is 14.0. The first-order chi connectivity index (χ1) is 11.4. The van der Waals surface area contributed by atoms with Crippen molar-refractivity contribution < 1.29 is 14.5 Å². The molecule has 0 aromatic heterocycles. The maximum absolute atomic E-state index is 12.2. The van der Waals surface area contributed by atoms with E-state index in [2.05, 4.69) is 6.07 Å². The second kappa shape index (κ2) is 7.59. The monoisotopic (exact) mass is 328 g/mol. The molecule has 0 unspecified atom stereocenters. The molecule has 0 aliphatic heterocycles.